The molecule has 186 valence electrons. The summed E-state index contributed by atoms with van der Waals surface area (Å²) in [6.45, 7) is 0.500. The Morgan fingerprint density at radius 1 is 1.03 bits per heavy atom. The molecule has 2 aliphatic heterocycles. The molecule has 1 fully saturated rings. The van der Waals surface area contributed by atoms with Crippen molar-refractivity contribution in [3.05, 3.63) is 53.1 Å². The van der Waals surface area contributed by atoms with Gasteiger partial charge < -0.3 is 9.47 Å². The van der Waals surface area contributed by atoms with Gasteiger partial charge in [-0.3, -0.25) is 9.69 Å². The minimum absolute atomic E-state index is 0.0110. The zero-order valence-electron chi connectivity index (χ0n) is 17.9. The quantitative estimate of drug-likeness (QED) is 0.592. The van der Waals surface area contributed by atoms with E-state index in [1.165, 1.54) is 4.90 Å². The highest BCUT2D eigenvalue weighted by atomic mass is 32.2. The lowest BCUT2D eigenvalue weighted by atomic mass is 9.81. The topological polar surface area (TPSA) is 62.6 Å². The Morgan fingerprint density at radius 2 is 1.62 bits per heavy atom. The Hall–Kier alpha value is -2.54. The first kappa shape index (κ1) is 24.6. The van der Waals surface area contributed by atoms with Crippen LogP contribution in [0.1, 0.15) is 34.6 Å². The number of piperidine rings is 1. The summed E-state index contributed by atoms with van der Waals surface area (Å²) in [6, 6.07) is 4.64. The van der Waals surface area contributed by atoms with Gasteiger partial charge in [-0.1, -0.05) is 0 Å². The number of fused-ring (bicyclic) bond motifs is 2. The van der Waals surface area contributed by atoms with Gasteiger partial charge in [0.2, 0.25) is 9.84 Å². The van der Waals surface area contributed by atoms with Crippen LogP contribution in [-0.4, -0.2) is 61.1 Å². The normalized spacial score (nSPS) is 19.0. The summed E-state index contributed by atoms with van der Waals surface area (Å²) in [5.41, 5.74) is -2.01. The van der Waals surface area contributed by atoms with Crippen molar-refractivity contribution in [3.63, 3.8) is 0 Å². The Balaban J connectivity index is 1.56. The Bertz CT molecular complexity index is 1200. The first-order chi connectivity index (χ1) is 15.8. The van der Waals surface area contributed by atoms with Gasteiger partial charge >= 0.3 is 11.9 Å². The molecule has 6 nitrogen and oxygen atoms in total. The maximum atomic E-state index is 14.8. The van der Waals surface area contributed by atoms with E-state index in [1.54, 1.807) is 7.05 Å². The summed E-state index contributed by atoms with van der Waals surface area (Å²) < 4.78 is 105. The first-order valence-corrected chi connectivity index (χ1v) is 11.9. The summed E-state index contributed by atoms with van der Waals surface area (Å²) in [6.07, 6.45) is -4.33. The maximum absolute atomic E-state index is 14.8. The van der Waals surface area contributed by atoms with E-state index in [4.69, 9.17) is 0 Å². The van der Waals surface area contributed by atoms with Crippen LogP contribution in [0.15, 0.2) is 35.2 Å². The summed E-state index contributed by atoms with van der Waals surface area (Å²) in [7, 11) is -3.08. The second-order valence-corrected chi connectivity index (χ2v) is 10.4. The molecular weight excluding hydrogens is 488 g/mol. The number of halogens is 6. The molecular formula is C21H21F6N3O3S. The van der Waals surface area contributed by atoms with E-state index < -0.39 is 49.6 Å². The van der Waals surface area contributed by atoms with Gasteiger partial charge in [0, 0.05) is 37.8 Å². The van der Waals surface area contributed by atoms with Gasteiger partial charge in [-0.2, -0.15) is 22.0 Å². The van der Waals surface area contributed by atoms with E-state index in [-0.39, 0.29) is 50.3 Å². The van der Waals surface area contributed by atoms with Gasteiger partial charge in [-0.25, -0.2) is 12.8 Å². The van der Waals surface area contributed by atoms with Crippen molar-refractivity contribution >= 4 is 15.7 Å². The van der Waals surface area contributed by atoms with Crippen LogP contribution in [0.2, 0.25) is 0 Å². The molecule has 3 heterocycles. The van der Waals surface area contributed by atoms with E-state index >= 15 is 0 Å². The highest BCUT2D eigenvalue weighted by Crippen LogP contribution is 2.45. The second kappa shape index (κ2) is 8.29. The van der Waals surface area contributed by atoms with E-state index in [0.29, 0.717) is 6.07 Å². The molecule has 0 radical (unpaired) electrons. The summed E-state index contributed by atoms with van der Waals surface area (Å²) >= 11 is 0. The average molecular weight is 509 g/mol. The number of aromatic nitrogens is 1. The number of nitrogens with zero attached hydrogens (tertiary/aromatic N) is 3. The summed E-state index contributed by atoms with van der Waals surface area (Å²) in [5, 5.41) is 0. The molecule has 2 aromatic rings. The fraction of sp³-hybridized carbons (Fsp3) is 0.476. The third-order valence-corrected chi connectivity index (χ3v) is 8.11. The SMILES string of the molecule is CN1CCn2c(C(F)(F)F)cc(F)c2C12CCN(C(=O)c1ccc(S(=O)(=O)C(F)F)cc1)CC2. The summed E-state index contributed by atoms with van der Waals surface area (Å²) in [5.74, 6) is -5.01. The summed E-state index contributed by atoms with van der Waals surface area (Å²) in [4.78, 5) is 15.5. The van der Waals surface area contributed by atoms with E-state index in [1.807, 2.05) is 4.90 Å². The Morgan fingerprint density at radius 3 is 2.15 bits per heavy atom. The van der Waals surface area contributed by atoms with Crippen LogP contribution >= 0.6 is 0 Å². The monoisotopic (exact) mass is 509 g/mol. The lowest BCUT2D eigenvalue weighted by Crippen LogP contribution is -2.57. The second-order valence-electron chi connectivity index (χ2n) is 8.45. The van der Waals surface area contributed by atoms with Crippen molar-refractivity contribution in [2.24, 2.45) is 0 Å². The van der Waals surface area contributed by atoms with Crippen molar-refractivity contribution in [3.8, 4) is 0 Å². The molecule has 1 amide bonds. The fourth-order valence-electron chi connectivity index (χ4n) is 4.87. The predicted octanol–water partition coefficient (Wildman–Crippen LogP) is 3.72. The van der Waals surface area contributed by atoms with Crippen LogP contribution in [0.3, 0.4) is 0 Å². The van der Waals surface area contributed by atoms with Crippen molar-refractivity contribution in [1.82, 2.24) is 14.4 Å². The van der Waals surface area contributed by atoms with Crippen molar-refractivity contribution < 1.29 is 39.6 Å². The molecule has 0 saturated carbocycles. The molecule has 0 atom stereocenters. The fourth-order valence-corrected chi connectivity index (χ4v) is 5.59. The number of carbonyl (C=O) groups excluding carboxylic acids is 1. The van der Waals surface area contributed by atoms with Gasteiger partial charge in [0.1, 0.15) is 11.5 Å². The Kier molecular flexibility index (Phi) is 6.00. The van der Waals surface area contributed by atoms with Crippen molar-refractivity contribution in [2.45, 2.75) is 41.8 Å². The number of likely N-dealkylation sites (tertiary alicyclic amines) is 1. The number of rotatable bonds is 3. The molecule has 1 spiro atoms. The molecule has 34 heavy (non-hydrogen) atoms. The van der Waals surface area contributed by atoms with E-state index in [2.05, 4.69) is 0 Å². The third kappa shape index (κ3) is 3.88. The zero-order chi connectivity index (χ0) is 25.1. The maximum Gasteiger partial charge on any atom is 0.431 e. The number of hydrogen-bond acceptors (Lipinski definition) is 4. The minimum Gasteiger partial charge on any atom is -0.338 e. The van der Waals surface area contributed by atoms with Crippen molar-refractivity contribution in [1.29, 1.82) is 0 Å². The third-order valence-electron chi connectivity index (χ3n) is 6.71. The van der Waals surface area contributed by atoms with Gasteiger partial charge in [-0.05, 0) is 44.2 Å². The van der Waals surface area contributed by atoms with Gasteiger partial charge in [0.25, 0.3) is 5.91 Å². The highest BCUT2D eigenvalue weighted by molar-refractivity contribution is 7.91. The lowest BCUT2D eigenvalue weighted by molar-refractivity contribution is -0.144. The number of amides is 1. The number of likely N-dealkylation sites (N-methyl/N-ethyl adjacent to an activating group) is 1. The number of carbonyl (C=O) groups is 1. The zero-order valence-corrected chi connectivity index (χ0v) is 18.8. The van der Waals surface area contributed by atoms with Gasteiger partial charge in [-0.15, -0.1) is 0 Å². The number of hydrogen-bond donors (Lipinski definition) is 0. The first-order valence-electron chi connectivity index (χ1n) is 10.4. The van der Waals surface area contributed by atoms with E-state index in [0.717, 1.165) is 28.8 Å². The largest absolute Gasteiger partial charge is 0.431 e. The molecule has 1 aromatic heterocycles. The molecule has 2 aliphatic rings. The number of benzene rings is 1. The lowest BCUT2D eigenvalue weighted by Gasteiger charge is -2.50. The standard InChI is InChI=1S/C21H21F6N3O3S/c1-28-10-11-30-16(21(25,26)27)12-15(22)17(30)20(28)6-8-29(9-7-20)18(31)13-2-4-14(5-3-13)34(32,33)19(23)24/h2-5,12,19H,6-11H2,1H3. The molecule has 0 N–H and O–H groups in total. The van der Waals surface area contributed by atoms with Gasteiger partial charge in [0.05, 0.1) is 16.1 Å². The van der Waals surface area contributed by atoms with Crippen LogP contribution in [0.5, 0.6) is 0 Å². The van der Waals surface area contributed by atoms with Gasteiger partial charge in [0.15, 0.2) is 0 Å². The van der Waals surface area contributed by atoms with Crippen LogP contribution in [0.25, 0.3) is 0 Å². The van der Waals surface area contributed by atoms with Crippen LogP contribution in [-0.2, 0) is 28.1 Å². The molecule has 4 rings (SSSR count). The predicted molar refractivity (Wildman–Crippen MR) is 108 cm³/mol. The average Bonchev–Trinajstić information content (AvgIpc) is 3.14. The van der Waals surface area contributed by atoms with E-state index in [9.17, 15) is 39.6 Å². The van der Waals surface area contributed by atoms with Crippen LogP contribution in [0.4, 0.5) is 26.3 Å². The number of sulfone groups is 1. The molecule has 13 heteroatoms. The minimum atomic E-state index is -4.79. The van der Waals surface area contributed by atoms with Crippen molar-refractivity contribution in [2.75, 3.05) is 26.7 Å². The highest BCUT2D eigenvalue weighted by Gasteiger charge is 2.49. The molecule has 1 saturated heterocycles. The smallest absolute Gasteiger partial charge is 0.338 e. The van der Waals surface area contributed by atoms with Crippen LogP contribution in [0, 0.1) is 5.82 Å². The molecule has 0 unspecified atom stereocenters. The molecule has 1 aromatic carbocycles. The molecule has 0 aliphatic carbocycles. The Labute approximate surface area is 191 Å². The number of alkyl halides is 5. The molecule has 0 bridgehead atoms. The van der Waals surface area contributed by atoms with Crippen LogP contribution < -0.4 is 0 Å².